The first kappa shape index (κ1) is 18.9. The molecule has 0 aliphatic heterocycles. The molecule has 5 nitrogen and oxygen atoms in total. The minimum Gasteiger partial charge on any atom is -0.493 e. The minimum atomic E-state index is -0.545. The van der Waals surface area contributed by atoms with Gasteiger partial charge in [-0.1, -0.05) is 36.4 Å². The Hall–Kier alpha value is -2.44. The molecular weight excluding hydrogens is 336 g/mol. The summed E-state index contributed by atoms with van der Waals surface area (Å²) in [5.41, 5.74) is 1.66. The number of hydrogen-bond acceptors (Lipinski definition) is 4. The summed E-state index contributed by atoms with van der Waals surface area (Å²) in [7, 11) is 0. The molecule has 0 saturated heterocycles. The molecule has 1 atom stereocenters. The van der Waals surface area contributed by atoms with E-state index in [0.717, 1.165) is 6.42 Å². The van der Waals surface area contributed by atoms with Crippen LogP contribution in [0.1, 0.15) is 22.8 Å². The van der Waals surface area contributed by atoms with Gasteiger partial charge >= 0.3 is 0 Å². The van der Waals surface area contributed by atoms with Gasteiger partial charge in [0.05, 0.1) is 12.7 Å². The summed E-state index contributed by atoms with van der Waals surface area (Å²) in [5.74, 6) is 0.308. The molecule has 0 fully saturated rings. The van der Waals surface area contributed by atoms with E-state index in [0.29, 0.717) is 17.9 Å². The van der Waals surface area contributed by atoms with E-state index in [1.807, 2.05) is 24.3 Å². The van der Waals surface area contributed by atoms with Crippen LogP contribution in [0.25, 0.3) is 0 Å². The summed E-state index contributed by atoms with van der Waals surface area (Å²) in [5, 5.41) is 14.7. The summed E-state index contributed by atoms with van der Waals surface area (Å²) in [6.07, 6.45) is 0.251. The van der Waals surface area contributed by atoms with Gasteiger partial charge in [-0.25, -0.2) is 0 Å². The summed E-state index contributed by atoms with van der Waals surface area (Å²) in [6.45, 7) is 2.44. The van der Waals surface area contributed by atoms with Crippen LogP contribution in [0.2, 0.25) is 0 Å². The molecule has 1 unspecified atom stereocenters. The maximum atomic E-state index is 12.2. The van der Waals surface area contributed by atoms with E-state index >= 15 is 0 Å². The maximum Gasteiger partial charge on any atom is 0.257 e. The Morgan fingerprint density at radius 3 is 2.68 bits per heavy atom. The molecule has 0 aliphatic rings. The standard InChI is InChI=1S/C19H22N2O3S/c1-14(22)13-20-19(25)21-18(23)16-8-5-9-17(12-16)24-11-10-15-6-3-2-4-7-15/h2-9,12,14,22H,10-11,13H2,1H3,(H2,20,21,23,25). The predicted molar refractivity (Wildman–Crippen MR) is 102 cm³/mol. The molecule has 3 N–H and O–H groups in total. The Morgan fingerprint density at radius 1 is 1.20 bits per heavy atom. The Balaban J connectivity index is 1.85. The van der Waals surface area contributed by atoms with Crippen LogP contribution in [-0.4, -0.2) is 35.4 Å². The number of amides is 1. The molecule has 2 aromatic rings. The number of benzene rings is 2. The monoisotopic (exact) mass is 358 g/mol. The smallest absolute Gasteiger partial charge is 0.257 e. The zero-order valence-electron chi connectivity index (χ0n) is 14.1. The normalized spacial score (nSPS) is 11.4. The first-order valence-electron chi connectivity index (χ1n) is 8.08. The van der Waals surface area contributed by atoms with Crippen molar-refractivity contribution < 1.29 is 14.6 Å². The van der Waals surface area contributed by atoms with Crippen molar-refractivity contribution in [3.05, 3.63) is 65.7 Å². The van der Waals surface area contributed by atoms with Gasteiger partial charge in [0.2, 0.25) is 0 Å². The van der Waals surface area contributed by atoms with Crippen molar-refractivity contribution >= 4 is 23.2 Å². The van der Waals surface area contributed by atoms with Crippen LogP contribution >= 0.6 is 12.2 Å². The lowest BCUT2D eigenvalue weighted by Gasteiger charge is -2.11. The number of thiocarbonyl (C=S) groups is 1. The number of hydrogen-bond donors (Lipinski definition) is 3. The fraction of sp³-hybridized carbons (Fsp3) is 0.263. The van der Waals surface area contributed by atoms with Crippen LogP contribution in [0.3, 0.4) is 0 Å². The summed E-state index contributed by atoms with van der Waals surface area (Å²) in [6, 6.07) is 17.0. The number of carbonyl (C=O) groups excluding carboxylic acids is 1. The second-order valence-corrected chi connectivity index (χ2v) is 6.03. The van der Waals surface area contributed by atoms with Crippen LogP contribution in [0.4, 0.5) is 0 Å². The minimum absolute atomic E-state index is 0.182. The van der Waals surface area contributed by atoms with Crippen LogP contribution < -0.4 is 15.4 Å². The van der Waals surface area contributed by atoms with E-state index in [-0.39, 0.29) is 17.6 Å². The van der Waals surface area contributed by atoms with Gasteiger partial charge in [-0.05, 0) is 42.9 Å². The Labute approximate surface area is 153 Å². The molecule has 2 aromatic carbocycles. The maximum absolute atomic E-state index is 12.2. The highest BCUT2D eigenvalue weighted by Gasteiger charge is 2.09. The van der Waals surface area contributed by atoms with E-state index in [1.54, 1.807) is 25.1 Å². The van der Waals surface area contributed by atoms with Gasteiger partial charge < -0.3 is 15.2 Å². The van der Waals surface area contributed by atoms with E-state index in [2.05, 4.69) is 22.8 Å². The number of carbonyl (C=O) groups is 1. The lowest BCUT2D eigenvalue weighted by molar-refractivity contribution is 0.0975. The lowest BCUT2D eigenvalue weighted by atomic mass is 10.2. The first-order valence-corrected chi connectivity index (χ1v) is 8.49. The summed E-state index contributed by atoms with van der Waals surface area (Å²) in [4.78, 5) is 12.2. The lowest BCUT2D eigenvalue weighted by Crippen LogP contribution is -2.41. The molecule has 0 radical (unpaired) electrons. The van der Waals surface area contributed by atoms with Gasteiger partial charge in [0.15, 0.2) is 5.11 Å². The fourth-order valence-corrected chi connectivity index (χ4v) is 2.29. The molecule has 0 aromatic heterocycles. The molecule has 0 bridgehead atoms. The van der Waals surface area contributed by atoms with Crippen LogP contribution in [-0.2, 0) is 6.42 Å². The summed E-state index contributed by atoms with van der Waals surface area (Å²) >= 11 is 5.02. The third-order valence-corrected chi connectivity index (χ3v) is 3.63. The SMILES string of the molecule is CC(O)CNC(=S)NC(=O)c1cccc(OCCc2ccccc2)c1. The molecule has 2 rings (SSSR count). The molecule has 0 saturated carbocycles. The van der Waals surface area contributed by atoms with Crippen molar-refractivity contribution in [3.8, 4) is 5.75 Å². The van der Waals surface area contributed by atoms with E-state index in [9.17, 15) is 9.90 Å². The predicted octanol–water partition coefficient (Wildman–Crippen LogP) is 2.29. The van der Waals surface area contributed by atoms with Gasteiger partial charge in [-0.3, -0.25) is 10.1 Å². The van der Waals surface area contributed by atoms with Crippen LogP contribution in [0.15, 0.2) is 54.6 Å². The Morgan fingerprint density at radius 2 is 1.96 bits per heavy atom. The van der Waals surface area contributed by atoms with Crippen LogP contribution in [0, 0.1) is 0 Å². The van der Waals surface area contributed by atoms with E-state index < -0.39 is 6.10 Å². The number of ether oxygens (including phenoxy) is 1. The molecule has 132 valence electrons. The van der Waals surface area contributed by atoms with Crippen molar-refractivity contribution in [3.63, 3.8) is 0 Å². The van der Waals surface area contributed by atoms with Crippen molar-refractivity contribution in [2.24, 2.45) is 0 Å². The van der Waals surface area contributed by atoms with Gasteiger partial charge in [0.25, 0.3) is 5.91 Å². The van der Waals surface area contributed by atoms with Crippen molar-refractivity contribution in [2.45, 2.75) is 19.4 Å². The topological polar surface area (TPSA) is 70.6 Å². The fourth-order valence-electron chi connectivity index (χ4n) is 2.12. The average molecular weight is 358 g/mol. The van der Waals surface area contributed by atoms with Crippen molar-refractivity contribution in [2.75, 3.05) is 13.2 Å². The van der Waals surface area contributed by atoms with Gasteiger partial charge in [0.1, 0.15) is 5.75 Å². The summed E-state index contributed by atoms with van der Waals surface area (Å²) < 4.78 is 5.72. The molecule has 6 heteroatoms. The average Bonchev–Trinajstić information content (AvgIpc) is 2.61. The zero-order valence-corrected chi connectivity index (χ0v) is 14.9. The third-order valence-electron chi connectivity index (χ3n) is 3.38. The quantitative estimate of drug-likeness (QED) is 0.663. The largest absolute Gasteiger partial charge is 0.493 e. The highest BCUT2D eigenvalue weighted by molar-refractivity contribution is 7.80. The van der Waals surface area contributed by atoms with Gasteiger partial charge in [-0.15, -0.1) is 0 Å². The van der Waals surface area contributed by atoms with Crippen molar-refractivity contribution in [1.29, 1.82) is 0 Å². The second kappa shape index (κ2) is 9.76. The molecular formula is C19H22N2O3S. The molecule has 1 amide bonds. The number of rotatable bonds is 7. The number of aliphatic hydroxyl groups excluding tert-OH is 1. The Kier molecular flexibility index (Phi) is 7.37. The molecule has 0 spiro atoms. The number of nitrogens with one attached hydrogen (secondary N) is 2. The zero-order chi connectivity index (χ0) is 18.1. The first-order chi connectivity index (χ1) is 12.0. The van der Waals surface area contributed by atoms with Crippen LogP contribution in [0.5, 0.6) is 5.75 Å². The Bertz CT molecular complexity index is 705. The molecule has 0 aliphatic carbocycles. The van der Waals surface area contributed by atoms with Gasteiger partial charge in [-0.2, -0.15) is 0 Å². The van der Waals surface area contributed by atoms with E-state index in [4.69, 9.17) is 17.0 Å². The second-order valence-electron chi connectivity index (χ2n) is 5.63. The third kappa shape index (κ3) is 6.91. The highest BCUT2D eigenvalue weighted by atomic mass is 32.1. The van der Waals surface area contributed by atoms with Crippen molar-refractivity contribution in [1.82, 2.24) is 10.6 Å². The number of aliphatic hydroxyl groups is 1. The van der Waals surface area contributed by atoms with E-state index in [1.165, 1.54) is 5.56 Å². The molecule has 0 heterocycles. The highest BCUT2D eigenvalue weighted by Crippen LogP contribution is 2.14. The van der Waals surface area contributed by atoms with Gasteiger partial charge in [0, 0.05) is 18.5 Å². The molecule has 25 heavy (non-hydrogen) atoms.